The Kier molecular flexibility index (Phi) is 2.95. The number of hydrogen-bond acceptors (Lipinski definition) is 0. The van der Waals surface area contributed by atoms with Gasteiger partial charge in [-0.25, -0.2) is 0 Å². The summed E-state index contributed by atoms with van der Waals surface area (Å²) < 4.78 is 0. The first-order valence-electron chi connectivity index (χ1n) is 6.02. The third-order valence-electron chi connectivity index (χ3n) is 3.46. The van der Waals surface area contributed by atoms with Crippen molar-refractivity contribution in [3.8, 4) is 0 Å². The van der Waals surface area contributed by atoms with E-state index >= 15 is 0 Å². The summed E-state index contributed by atoms with van der Waals surface area (Å²) in [4.78, 5) is 0. The van der Waals surface area contributed by atoms with Gasteiger partial charge >= 0.3 is 0 Å². The van der Waals surface area contributed by atoms with E-state index in [1.165, 1.54) is 18.4 Å². The van der Waals surface area contributed by atoms with Crippen LogP contribution in [0.5, 0.6) is 0 Å². The summed E-state index contributed by atoms with van der Waals surface area (Å²) in [5.74, 6) is 1.34. The summed E-state index contributed by atoms with van der Waals surface area (Å²) >= 11 is 0. The van der Waals surface area contributed by atoms with Gasteiger partial charge in [-0.3, -0.25) is 0 Å². The molecule has 1 unspecified atom stereocenters. The highest BCUT2D eigenvalue weighted by Crippen LogP contribution is 2.43. The minimum atomic E-state index is 0.485. The molecule has 1 aliphatic carbocycles. The predicted molar refractivity (Wildman–Crippen MR) is 66.4 cm³/mol. The maximum Gasteiger partial charge on any atom is -0.00103 e. The topological polar surface area (TPSA) is 0 Å². The molecule has 0 radical (unpaired) electrons. The first-order valence-corrected chi connectivity index (χ1v) is 6.02. The Hall–Kier alpha value is -1.04. The Labute approximate surface area is 93.0 Å². The second-order valence-electron chi connectivity index (χ2n) is 4.57. The summed E-state index contributed by atoms with van der Waals surface area (Å²) in [5, 5.41) is 0. The van der Waals surface area contributed by atoms with Crippen LogP contribution in [-0.2, 0) is 6.42 Å². The molecular formula is C15H20. The Bertz CT molecular complexity index is 358. The van der Waals surface area contributed by atoms with Crippen LogP contribution < -0.4 is 0 Å². The van der Waals surface area contributed by atoms with Gasteiger partial charge in [0.1, 0.15) is 0 Å². The van der Waals surface area contributed by atoms with E-state index in [1.807, 2.05) is 6.08 Å². The van der Waals surface area contributed by atoms with Gasteiger partial charge in [0.15, 0.2) is 0 Å². The molecule has 2 rings (SSSR count). The minimum absolute atomic E-state index is 0.485. The average Bonchev–Trinajstić information content (AvgIpc) is 3.10. The van der Waals surface area contributed by atoms with Gasteiger partial charge in [-0.2, -0.15) is 0 Å². The van der Waals surface area contributed by atoms with E-state index in [2.05, 4.69) is 38.6 Å². The van der Waals surface area contributed by atoms with Crippen molar-refractivity contribution in [2.24, 2.45) is 0 Å². The van der Waals surface area contributed by atoms with Crippen molar-refractivity contribution in [2.75, 3.05) is 0 Å². The number of hydrogen-bond donors (Lipinski definition) is 0. The Balaban J connectivity index is 2.44. The van der Waals surface area contributed by atoms with E-state index in [4.69, 9.17) is 0 Å². The van der Waals surface area contributed by atoms with Crippen LogP contribution in [-0.4, -0.2) is 0 Å². The zero-order chi connectivity index (χ0) is 10.8. The molecule has 0 saturated heterocycles. The standard InChI is InChI=1S/C15H20/c1-4-11(3)14-7-6-8-15(12-9-10-12)13(14)5-2/h4,6-8,11-12H,1,5,9-10H2,2-3H3. The van der Waals surface area contributed by atoms with Crippen LogP contribution in [0.15, 0.2) is 30.9 Å². The van der Waals surface area contributed by atoms with Gasteiger partial charge in [-0.1, -0.05) is 38.1 Å². The zero-order valence-electron chi connectivity index (χ0n) is 9.79. The highest BCUT2D eigenvalue weighted by molar-refractivity contribution is 5.42. The van der Waals surface area contributed by atoms with Gasteiger partial charge in [0.25, 0.3) is 0 Å². The number of rotatable bonds is 4. The fraction of sp³-hybridized carbons (Fsp3) is 0.467. The van der Waals surface area contributed by atoms with Crippen LogP contribution in [0.3, 0.4) is 0 Å². The first kappa shape index (κ1) is 10.5. The van der Waals surface area contributed by atoms with E-state index in [-0.39, 0.29) is 0 Å². The van der Waals surface area contributed by atoms with Crippen LogP contribution in [0.2, 0.25) is 0 Å². The molecule has 0 aliphatic heterocycles. The average molecular weight is 200 g/mol. The Morgan fingerprint density at radius 3 is 2.73 bits per heavy atom. The van der Waals surface area contributed by atoms with Crippen molar-refractivity contribution in [3.05, 3.63) is 47.5 Å². The Morgan fingerprint density at radius 1 is 1.47 bits per heavy atom. The van der Waals surface area contributed by atoms with Crippen LogP contribution >= 0.6 is 0 Å². The van der Waals surface area contributed by atoms with Gasteiger partial charge in [0.2, 0.25) is 0 Å². The molecule has 1 aromatic rings. The lowest BCUT2D eigenvalue weighted by Crippen LogP contribution is -2.00. The largest absolute Gasteiger partial charge is 0.102 e. The van der Waals surface area contributed by atoms with Crippen LogP contribution in [0.4, 0.5) is 0 Å². The SMILES string of the molecule is C=CC(C)c1cccc(C2CC2)c1CC. The maximum atomic E-state index is 3.90. The molecule has 0 nitrogen and oxygen atoms in total. The third kappa shape index (κ3) is 1.99. The lowest BCUT2D eigenvalue weighted by Gasteiger charge is -2.16. The van der Waals surface area contributed by atoms with Gasteiger partial charge in [0.05, 0.1) is 0 Å². The van der Waals surface area contributed by atoms with E-state index in [0.717, 1.165) is 12.3 Å². The summed E-state index contributed by atoms with van der Waals surface area (Å²) in [5.41, 5.74) is 4.66. The molecule has 0 N–H and O–H groups in total. The van der Waals surface area contributed by atoms with Gasteiger partial charge in [-0.05, 0) is 47.8 Å². The second kappa shape index (κ2) is 4.22. The lowest BCUT2D eigenvalue weighted by atomic mass is 9.89. The molecule has 0 bridgehead atoms. The van der Waals surface area contributed by atoms with Gasteiger partial charge in [0, 0.05) is 0 Å². The summed E-state index contributed by atoms with van der Waals surface area (Å²) in [6.45, 7) is 8.40. The fourth-order valence-corrected chi connectivity index (χ4v) is 2.36. The predicted octanol–water partition coefficient (Wildman–Crippen LogP) is 4.42. The number of allylic oxidation sites excluding steroid dienone is 1. The summed E-state index contributed by atoms with van der Waals surface area (Å²) in [7, 11) is 0. The molecule has 0 spiro atoms. The zero-order valence-corrected chi connectivity index (χ0v) is 9.79. The first-order chi connectivity index (χ1) is 7.27. The van der Waals surface area contributed by atoms with E-state index < -0.39 is 0 Å². The van der Waals surface area contributed by atoms with Crippen molar-refractivity contribution < 1.29 is 0 Å². The second-order valence-corrected chi connectivity index (χ2v) is 4.57. The molecule has 1 atom stereocenters. The lowest BCUT2D eigenvalue weighted by molar-refractivity contribution is 0.907. The molecule has 1 fully saturated rings. The quantitative estimate of drug-likeness (QED) is 0.631. The van der Waals surface area contributed by atoms with Crippen molar-refractivity contribution >= 4 is 0 Å². The molecule has 0 heteroatoms. The molecule has 1 aliphatic rings. The molecule has 0 heterocycles. The third-order valence-corrected chi connectivity index (χ3v) is 3.46. The van der Waals surface area contributed by atoms with Crippen molar-refractivity contribution in [1.82, 2.24) is 0 Å². The smallest absolute Gasteiger partial charge is 0.00103 e. The molecule has 0 aromatic heterocycles. The molecule has 1 aromatic carbocycles. The van der Waals surface area contributed by atoms with E-state index in [9.17, 15) is 0 Å². The van der Waals surface area contributed by atoms with Crippen molar-refractivity contribution in [2.45, 2.75) is 44.9 Å². The van der Waals surface area contributed by atoms with E-state index in [1.54, 1.807) is 11.1 Å². The summed E-state index contributed by atoms with van der Waals surface area (Å²) in [6, 6.07) is 6.79. The van der Waals surface area contributed by atoms with Crippen LogP contribution in [0, 0.1) is 0 Å². The number of benzene rings is 1. The minimum Gasteiger partial charge on any atom is -0.102 e. The van der Waals surface area contributed by atoms with Gasteiger partial charge < -0.3 is 0 Å². The highest BCUT2D eigenvalue weighted by Gasteiger charge is 2.26. The monoisotopic (exact) mass is 200 g/mol. The molecule has 80 valence electrons. The van der Waals surface area contributed by atoms with Crippen LogP contribution in [0.25, 0.3) is 0 Å². The Morgan fingerprint density at radius 2 is 2.20 bits per heavy atom. The molecular weight excluding hydrogens is 180 g/mol. The van der Waals surface area contributed by atoms with E-state index in [0.29, 0.717) is 5.92 Å². The summed E-state index contributed by atoms with van der Waals surface area (Å²) in [6.07, 6.45) is 5.98. The van der Waals surface area contributed by atoms with Crippen LogP contribution in [0.1, 0.15) is 55.2 Å². The van der Waals surface area contributed by atoms with Gasteiger partial charge in [-0.15, -0.1) is 6.58 Å². The molecule has 0 amide bonds. The normalized spacial score (nSPS) is 17.5. The maximum absolute atomic E-state index is 3.90. The molecule has 15 heavy (non-hydrogen) atoms. The molecule has 1 saturated carbocycles. The van der Waals surface area contributed by atoms with Crippen molar-refractivity contribution in [1.29, 1.82) is 0 Å². The fourth-order valence-electron chi connectivity index (χ4n) is 2.36. The highest BCUT2D eigenvalue weighted by atomic mass is 14.3. The van der Waals surface area contributed by atoms with Crippen molar-refractivity contribution in [3.63, 3.8) is 0 Å².